The fourth-order valence-electron chi connectivity index (χ4n) is 1.32. The maximum Gasteiger partial charge on any atom is 0.215 e. The summed E-state index contributed by atoms with van der Waals surface area (Å²) in [6.07, 6.45) is 5.14. The van der Waals surface area contributed by atoms with E-state index in [-0.39, 0.29) is 0 Å². The predicted molar refractivity (Wildman–Crippen MR) is 49.4 cm³/mol. The van der Waals surface area contributed by atoms with E-state index in [0.717, 1.165) is 18.2 Å². The molecule has 0 aromatic carbocycles. The molecular formula is C8H13N3S. The molecule has 0 bridgehead atoms. The first-order valence-corrected chi connectivity index (χ1v) is 4.78. The number of aryl methyl sites for hydroxylation is 2. The van der Waals surface area contributed by atoms with Crippen molar-refractivity contribution in [1.29, 1.82) is 0 Å². The van der Waals surface area contributed by atoms with Gasteiger partial charge in [-0.05, 0) is 24.6 Å². The highest BCUT2D eigenvalue weighted by Gasteiger charge is 2.20. The van der Waals surface area contributed by atoms with Gasteiger partial charge in [0, 0.05) is 13.5 Å². The van der Waals surface area contributed by atoms with E-state index < -0.39 is 0 Å². The summed E-state index contributed by atoms with van der Waals surface area (Å²) in [5.41, 5.74) is 0. The Hall–Kier alpha value is -0.640. The molecule has 0 unspecified atom stereocenters. The van der Waals surface area contributed by atoms with Gasteiger partial charge in [0.25, 0.3) is 0 Å². The quantitative estimate of drug-likeness (QED) is 0.725. The van der Waals surface area contributed by atoms with Gasteiger partial charge in [0.2, 0.25) is 4.77 Å². The van der Waals surface area contributed by atoms with E-state index in [1.54, 1.807) is 4.68 Å². The summed E-state index contributed by atoms with van der Waals surface area (Å²) in [6, 6.07) is 0. The minimum Gasteiger partial charge on any atom is -0.283 e. The second-order valence-corrected chi connectivity index (χ2v) is 3.86. The Morgan fingerprint density at radius 2 is 2.42 bits per heavy atom. The normalized spacial score (nSPS) is 16.8. The third kappa shape index (κ3) is 1.75. The van der Waals surface area contributed by atoms with Gasteiger partial charge in [0.15, 0.2) is 0 Å². The Labute approximate surface area is 76.8 Å². The molecule has 1 N–H and O–H groups in total. The average Bonchev–Trinajstić information content (AvgIpc) is 2.78. The molecule has 1 fully saturated rings. The molecule has 1 aromatic rings. The summed E-state index contributed by atoms with van der Waals surface area (Å²) in [7, 11) is 1.90. The Kier molecular flexibility index (Phi) is 2.00. The monoisotopic (exact) mass is 183 g/mol. The minimum absolute atomic E-state index is 0.654. The highest BCUT2D eigenvalue weighted by Crippen LogP contribution is 2.33. The van der Waals surface area contributed by atoms with Crippen molar-refractivity contribution in [1.82, 2.24) is 14.8 Å². The summed E-state index contributed by atoms with van der Waals surface area (Å²) in [6.45, 7) is 0. The van der Waals surface area contributed by atoms with Crippen molar-refractivity contribution in [2.45, 2.75) is 25.7 Å². The first-order chi connectivity index (χ1) is 5.75. The van der Waals surface area contributed by atoms with E-state index in [1.807, 2.05) is 7.05 Å². The van der Waals surface area contributed by atoms with E-state index in [0.29, 0.717) is 4.77 Å². The highest BCUT2D eigenvalue weighted by atomic mass is 32.1. The lowest BCUT2D eigenvalue weighted by Crippen LogP contribution is -1.93. The molecule has 1 aliphatic rings. The zero-order chi connectivity index (χ0) is 8.55. The zero-order valence-corrected chi connectivity index (χ0v) is 8.02. The van der Waals surface area contributed by atoms with Crippen molar-refractivity contribution >= 4 is 12.2 Å². The summed E-state index contributed by atoms with van der Waals surface area (Å²) in [5, 5.41) is 3.13. The van der Waals surface area contributed by atoms with E-state index in [9.17, 15) is 0 Å². The van der Waals surface area contributed by atoms with Crippen molar-refractivity contribution in [2.75, 3.05) is 0 Å². The smallest absolute Gasteiger partial charge is 0.215 e. The zero-order valence-electron chi connectivity index (χ0n) is 7.21. The Bertz CT molecular complexity index is 321. The molecular weight excluding hydrogens is 170 g/mol. The first kappa shape index (κ1) is 7.98. The van der Waals surface area contributed by atoms with Crippen LogP contribution in [0.15, 0.2) is 0 Å². The van der Waals surface area contributed by atoms with Crippen LogP contribution >= 0.6 is 12.2 Å². The lowest BCUT2D eigenvalue weighted by Gasteiger charge is -1.92. The highest BCUT2D eigenvalue weighted by molar-refractivity contribution is 7.71. The molecule has 2 rings (SSSR count). The van der Waals surface area contributed by atoms with Crippen LogP contribution in [0.5, 0.6) is 0 Å². The average molecular weight is 183 g/mol. The van der Waals surface area contributed by atoms with Crippen LogP contribution in [-0.4, -0.2) is 14.8 Å². The van der Waals surface area contributed by atoms with Crippen LogP contribution in [0.1, 0.15) is 25.1 Å². The van der Waals surface area contributed by atoms with Crippen LogP contribution in [0.3, 0.4) is 0 Å². The van der Waals surface area contributed by atoms with Gasteiger partial charge < -0.3 is 0 Å². The number of rotatable bonds is 3. The molecule has 1 saturated carbocycles. The van der Waals surface area contributed by atoms with E-state index >= 15 is 0 Å². The SMILES string of the molecule is Cn1[nH]c(CCC2CC2)nc1=S. The van der Waals surface area contributed by atoms with Crippen LogP contribution in [0.4, 0.5) is 0 Å². The molecule has 0 amide bonds. The standard InChI is InChI=1S/C8H13N3S/c1-11-8(12)9-7(10-11)5-4-6-2-3-6/h6H,2-5H2,1H3,(H,9,10,12). The van der Waals surface area contributed by atoms with Gasteiger partial charge in [-0.15, -0.1) is 0 Å². The molecule has 12 heavy (non-hydrogen) atoms. The van der Waals surface area contributed by atoms with Crippen molar-refractivity contribution < 1.29 is 0 Å². The number of nitrogens with zero attached hydrogens (tertiary/aromatic N) is 2. The van der Waals surface area contributed by atoms with Gasteiger partial charge in [-0.1, -0.05) is 12.8 Å². The predicted octanol–water partition coefficient (Wildman–Crippen LogP) is 1.82. The number of hydrogen-bond donors (Lipinski definition) is 1. The third-order valence-electron chi connectivity index (χ3n) is 2.30. The topological polar surface area (TPSA) is 33.6 Å². The molecule has 3 nitrogen and oxygen atoms in total. The van der Waals surface area contributed by atoms with Crippen molar-refractivity contribution in [3.05, 3.63) is 10.6 Å². The number of nitrogens with one attached hydrogen (secondary N) is 1. The third-order valence-corrected chi connectivity index (χ3v) is 2.67. The molecule has 0 aliphatic heterocycles. The fourth-order valence-corrected chi connectivity index (χ4v) is 1.47. The van der Waals surface area contributed by atoms with Gasteiger partial charge in [0.1, 0.15) is 5.82 Å². The lowest BCUT2D eigenvalue weighted by molar-refractivity contribution is 0.677. The van der Waals surface area contributed by atoms with Crippen LogP contribution in [0.25, 0.3) is 0 Å². The molecule has 0 spiro atoms. The van der Waals surface area contributed by atoms with Crippen LogP contribution in [-0.2, 0) is 13.5 Å². The summed E-state index contributed by atoms with van der Waals surface area (Å²) >= 11 is 4.99. The molecule has 0 atom stereocenters. The number of aromatic nitrogens is 3. The summed E-state index contributed by atoms with van der Waals surface area (Å²) in [4.78, 5) is 4.23. The first-order valence-electron chi connectivity index (χ1n) is 4.37. The van der Waals surface area contributed by atoms with Crippen LogP contribution in [0.2, 0.25) is 0 Å². The second-order valence-electron chi connectivity index (χ2n) is 3.49. The number of aromatic amines is 1. The van der Waals surface area contributed by atoms with Crippen LogP contribution < -0.4 is 0 Å². The van der Waals surface area contributed by atoms with Gasteiger partial charge in [0.05, 0.1) is 0 Å². The fraction of sp³-hybridized carbons (Fsp3) is 0.750. The van der Waals surface area contributed by atoms with E-state index in [4.69, 9.17) is 12.2 Å². The molecule has 66 valence electrons. The molecule has 0 radical (unpaired) electrons. The van der Waals surface area contributed by atoms with Gasteiger partial charge in [-0.3, -0.25) is 9.78 Å². The molecule has 1 aliphatic carbocycles. The summed E-state index contributed by atoms with van der Waals surface area (Å²) in [5.74, 6) is 2.00. The maximum atomic E-state index is 4.99. The number of hydrogen-bond acceptors (Lipinski definition) is 2. The molecule has 4 heteroatoms. The van der Waals surface area contributed by atoms with Crippen molar-refractivity contribution in [3.8, 4) is 0 Å². The minimum atomic E-state index is 0.654. The maximum absolute atomic E-state index is 4.99. The Morgan fingerprint density at radius 3 is 2.92 bits per heavy atom. The van der Waals surface area contributed by atoms with Crippen LogP contribution in [0, 0.1) is 10.7 Å². The van der Waals surface area contributed by atoms with E-state index in [1.165, 1.54) is 19.3 Å². The van der Waals surface area contributed by atoms with Crippen molar-refractivity contribution in [3.63, 3.8) is 0 Å². The number of H-pyrrole nitrogens is 1. The van der Waals surface area contributed by atoms with Gasteiger partial charge in [-0.2, -0.15) is 0 Å². The molecule has 1 heterocycles. The second kappa shape index (κ2) is 3.01. The largest absolute Gasteiger partial charge is 0.283 e. The summed E-state index contributed by atoms with van der Waals surface area (Å²) < 4.78 is 2.44. The molecule has 0 saturated heterocycles. The Balaban J connectivity index is 1.97. The van der Waals surface area contributed by atoms with Crippen molar-refractivity contribution in [2.24, 2.45) is 13.0 Å². The Morgan fingerprint density at radius 1 is 1.67 bits per heavy atom. The molecule has 1 aromatic heterocycles. The lowest BCUT2D eigenvalue weighted by atomic mass is 10.2. The van der Waals surface area contributed by atoms with Gasteiger partial charge >= 0.3 is 0 Å². The van der Waals surface area contributed by atoms with Gasteiger partial charge in [-0.25, -0.2) is 4.98 Å². The van der Waals surface area contributed by atoms with E-state index in [2.05, 4.69) is 10.1 Å².